The highest BCUT2D eigenvalue weighted by Crippen LogP contribution is 2.48. The second-order valence-electron chi connectivity index (χ2n) is 6.59. The van der Waals surface area contributed by atoms with Crippen molar-refractivity contribution in [3.63, 3.8) is 0 Å². The van der Waals surface area contributed by atoms with Crippen molar-refractivity contribution >= 4 is 5.91 Å². The number of amides is 1. The summed E-state index contributed by atoms with van der Waals surface area (Å²) >= 11 is 0. The third kappa shape index (κ3) is 3.81. The summed E-state index contributed by atoms with van der Waals surface area (Å²) in [6.07, 6.45) is -6.33. The van der Waals surface area contributed by atoms with Gasteiger partial charge in [-0.25, -0.2) is 8.78 Å². The number of hydrogen-bond donors (Lipinski definition) is 0. The number of alkyl halides is 5. The van der Waals surface area contributed by atoms with Gasteiger partial charge in [-0.2, -0.15) is 18.2 Å². The minimum atomic E-state index is -4.67. The van der Waals surface area contributed by atoms with E-state index in [9.17, 15) is 26.7 Å². The lowest BCUT2D eigenvalue weighted by atomic mass is 9.86. The van der Waals surface area contributed by atoms with E-state index in [4.69, 9.17) is 4.52 Å². The molecule has 2 fully saturated rings. The van der Waals surface area contributed by atoms with Crippen molar-refractivity contribution in [2.45, 2.75) is 49.6 Å². The van der Waals surface area contributed by atoms with E-state index >= 15 is 0 Å². The summed E-state index contributed by atoms with van der Waals surface area (Å²) in [4.78, 5) is 17.1. The molecule has 1 atom stereocenters. The number of ether oxygens (including phenoxy) is 1. The Hall–Kier alpha value is -1.78. The number of hydrogen-bond acceptors (Lipinski definition) is 5. The topological polar surface area (TPSA) is 68.5 Å². The predicted octanol–water partition coefficient (Wildman–Crippen LogP) is 2.65. The first-order valence-electron chi connectivity index (χ1n) is 8.27. The molecule has 1 aliphatic heterocycles. The van der Waals surface area contributed by atoms with Gasteiger partial charge >= 0.3 is 6.18 Å². The van der Waals surface area contributed by atoms with Crippen LogP contribution in [0.25, 0.3) is 0 Å². The Kier molecular flexibility index (Phi) is 5.18. The zero-order valence-corrected chi connectivity index (χ0v) is 13.8. The first-order chi connectivity index (χ1) is 12.2. The van der Waals surface area contributed by atoms with Crippen LogP contribution in [-0.4, -0.2) is 59.9 Å². The van der Waals surface area contributed by atoms with Crippen molar-refractivity contribution in [2.24, 2.45) is 0 Å². The Morgan fingerprint density at radius 2 is 2.12 bits per heavy atom. The molecule has 0 bridgehead atoms. The van der Waals surface area contributed by atoms with E-state index < -0.39 is 43.0 Å². The lowest BCUT2D eigenvalue weighted by molar-refractivity contribution is -0.193. The van der Waals surface area contributed by atoms with E-state index in [1.807, 2.05) is 0 Å². The average Bonchev–Trinajstić information content (AvgIpc) is 3.11. The highest BCUT2D eigenvalue weighted by molar-refractivity contribution is 5.76. The van der Waals surface area contributed by atoms with Crippen molar-refractivity contribution in [3.05, 3.63) is 11.7 Å². The second kappa shape index (κ2) is 7.09. The summed E-state index contributed by atoms with van der Waals surface area (Å²) in [5, 5.41) is 3.65. The smallest absolute Gasteiger partial charge is 0.375 e. The third-order valence-corrected chi connectivity index (χ3v) is 4.66. The highest BCUT2D eigenvalue weighted by Gasteiger charge is 2.63. The molecule has 1 saturated heterocycles. The van der Waals surface area contributed by atoms with Gasteiger partial charge in [0.2, 0.25) is 11.8 Å². The van der Waals surface area contributed by atoms with Crippen LogP contribution in [0.15, 0.2) is 4.52 Å². The van der Waals surface area contributed by atoms with Crippen LogP contribution in [0.3, 0.4) is 0 Å². The van der Waals surface area contributed by atoms with Crippen LogP contribution in [-0.2, 0) is 14.9 Å². The maximum Gasteiger partial charge on any atom is 0.405 e. The minimum Gasteiger partial charge on any atom is -0.375 e. The third-order valence-electron chi connectivity index (χ3n) is 4.66. The molecule has 3 rings (SSSR count). The van der Waals surface area contributed by atoms with E-state index in [0.29, 0.717) is 0 Å². The summed E-state index contributed by atoms with van der Waals surface area (Å²) < 4.78 is 74.8. The first kappa shape index (κ1) is 19.0. The van der Waals surface area contributed by atoms with Crippen LogP contribution < -0.4 is 0 Å². The van der Waals surface area contributed by atoms with Gasteiger partial charge in [0.15, 0.2) is 11.2 Å². The molecule has 6 nitrogen and oxygen atoms in total. The summed E-state index contributed by atoms with van der Waals surface area (Å²) in [7, 11) is 0. The number of carbonyl (C=O) groups is 1. The molecule has 1 unspecified atom stereocenters. The highest BCUT2D eigenvalue weighted by atomic mass is 19.4. The van der Waals surface area contributed by atoms with Gasteiger partial charge in [-0.15, -0.1) is 0 Å². The van der Waals surface area contributed by atoms with E-state index in [0.717, 1.165) is 17.7 Å². The molecule has 26 heavy (non-hydrogen) atoms. The molecule has 2 heterocycles. The van der Waals surface area contributed by atoms with Crippen LogP contribution in [0, 0.1) is 0 Å². The van der Waals surface area contributed by atoms with Gasteiger partial charge in [0, 0.05) is 19.0 Å². The van der Waals surface area contributed by atoms with Gasteiger partial charge in [0.05, 0.1) is 13.0 Å². The number of likely N-dealkylation sites (tertiary alicyclic amines) is 1. The molecular formula is C15H18F5N3O3. The van der Waals surface area contributed by atoms with Crippen LogP contribution >= 0.6 is 0 Å². The Bertz CT molecular complexity index is 647. The molecule has 146 valence electrons. The van der Waals surface area contributed by atoms with Gasteiger partial charge in [0.1, 0.15) is 6.61 Å². The standard InChI is InChI=1S/C15H18F5N3O3/c16-10(17)7-25-6-3-11(24)23-5-4-14(8-23,15(18,19)20)13-21-12(22-26-13)9-1-2-9/h9-10H,1-8H2. The zero-order valence-electron chi connectivity index (χ0n) is 13.8. The fourth-order valence-electron chi connectivity index (χ4n) is 2.98. The summed E-state index contributed by atoms with van der Waals surface area (Å²) in [6, 6.07) is 0. The average molecular weight is 383 g/mol. The van der Waals surface area contributed by atoms with Crippen molar-refractivity contribution in [3.8, 4) is 0 Å². The van der Waals surface area contributed by atoms with E-state index in [1.165, 1.54) is 0 Å². The predicted molar refractivity (Wildman–Crippen MR) is 76.6 cm³/mol. The van der Waals surface area contributed by atoms with Crippen LogP contribution in [0.2, 0.25) is 0 Å². The van der Waals surface area contributed by atoms with Gasteiger partial charge < -0.3 is 14.2 Å². The maximum atomic E-state index is 13.8. The fourth-order valence-corrected chi connectivity index (χ4v) is 2.98. The molecule has 11 heteroatoms. The normalized spacial score (nSPS) is 23.8. The number of carbonyl (C=O) groups excluding carboxylic acids is 1. The SMILES string of the molecule is O=C(CCOCC(F)F)N1CCC(c2nc(C3CC3)no2)(C(F)(F)F)C1. The Balaban J connectivity index is 1.67. The molecule has 1 saturated carbocycles. The molecule has 0 aromatic carbocycles. The largest absolute Gasteiger partial charge is 0.405 e. The molecule has 1 amide bonds. The van der Waals surface area contributed by atoms with Gasteiger partial charge in [-0.1, -0.05) is 5.16 Å². The summed E-state index contributed by atoms with van der Waals surface area (Å²) in [5.74, 6) is -0.791. The minimum absolute atomic E-state index is 0.0453. The zero-order chi connectivity index (χ0) is 18.9. The van der Waals surface area contributed by atoms with E-state index in [1.54, 1.807) is 0 Å². The molecule has 0 N–H and O–H groups in total. The first-order valence-corrected chi connectivity index (χ1v) is 8.27. The summed E-state index contributed by atoms with van der Waals surface area (Å²) in [5.41, 5.74) is -2.40. The molecule has 0 radical (unpaired) electrons. The molecule has 2 aliphatic rings. The Morgan fingerprint density at radius 1 is 1.38 bits per heavy atom. The number of rotatable bonds is 7. The summed E-state index contributed by atoms with van der Waals surface area (Å²) in [6.45, 7) is -1.85. The van der Waals surface area contributed by atoms with Crippen LogP contribution in [0.5, 0.6) is 0 Å². The van der Waals surface area contributed by atoms with Crippen molar-refractivity contribution in [2.75, 3.05) is 26.3 Å². The monoisotopic (exact) mass is 383 g/mol. The molecule has 1 aliphatic carbocycles. The van der Waals surface area contributed by atoms with Crippen LogP contribution in [0.1, 0.15) is 43.3 Å². The second-order valence-corrected chi connectivity index (χ2v) is 6.59. The lowest BCUT2D eigenvalue weighted by Crippen LogP contribution is -2.46. The quantitative estimate of drug-likeness (QED) is 0.535. The maximum absolute atomic E-state index is 13.8. The molecule has 0 spiro atoms. The van der Waals surface area contributed by atoms with Gasteiger partial charge in [0.25, 0.3) is 6.43 Å². The van der Waals surface area contributed by atoms with Crippen molar-refractivity contribution < 1.29 is 36.0 Å². The van der Waals surface area contributed by atoms with Crippen LogP contribution in [0.4, 0.5) is 22.0 Å². The van der Waals surface area contributed by atoms with E-state index in [2.05, 4.69) is 14.9 Å². The Labute approximate surface area is 145 Å². The number of aromatic nitrogens is 2. The van der Waals surface area contributed by atoms with E-state index in [-0.39, 0.29) is 37.7 Å². The molecule has 1 aromatic rings. The van der Waals surface area contributed by atoms with Gasteiger partial charge in [-0.05, 0) is 19.3 Å². The fraction of sp³-hybridized carbons (Fsp3) is 0.800. The number of nitrogens with zero attached hydrogens (tertiary/aromatic N) is 3. The van der Waals surface area contributed by atoms with Crippen molar-refractivity contribution in [1.82, 2.24) is 15.0 Å². The molecule has 1 aromatic heterocycles. The van der Waals surface area contributed by atoms with Gasteiger partial charge in [-0.3, -0.25) is 4.79 Å². The number of halogens is 5. The molecular weight excluding hydrogens is 365 g/mol. The van der Waals surface area contributed by atoms with Crippen molar-refractivity contribution in [1.29, 1.82) is 0 Å². The Morgan fingerprint density at radius 3 is 2.73 bits per heavy atom. The lowest BCUT2D eigenvalue weighted by Gasteiger charge is -2.28.